The molecule has 1 atom stereocenters. The predicted octanol–water partition coefficient (Wildman–Crippen LogP) is 11.7. The summed E-state index contributed by atoms with van der Waals surface area (Å²) in [5.74, 6) is 1.51. The smallest absolute Gasteiger partial charge is 0.416 e. The molecule has 3 aliphatic rings. The lowest BCUT2D eigenvalue weighted by Crippen LogP contribution is -2.37. The van der Waals surface area contributed by atoms with Gasteiger partial charge < -0.3 is 19.1 Å². The van der Waals surface area contributed by atoms with Crippen molar-refractivity contribution in [2.45, 2.75) is 50.8 Å². The molecule has 0 saturated carbocycles. The van der Waals surface area contributed by atoms with Crippen LogP contribution in [0.5, 0.6) is 11.5 Å². The molecule has 0 radical (unpaired) electrons. The van der Waals surface area contributed by atoms with Gasteiger partial charge in [0.25, 0.3) is 0 Å². The van der Waals surface area contributed by atoms with Gasteiger partial charge in [-0.2, -0.15) is 13.2 Å². The van der Waals surface area contributed by atoms with Crippen molar-refractivity contribution in [2.24, 2.45) is 0 Å². The fourth-order valence-corrected chi connectivity index (χ4v) is 8.84. The van der Waals surface area contributed by atoms with Crippen molar-refractivity contribution in [3.05, 3.63) is 143 Å². The van der Waals surface area contributed by atoms with Crippen LogP contribution in [0.4, 0.5) is 18.9 Å². The molecule has 0 spiro atoms. The van der Waals surface area contributed by atoms with E-state index in [2.05, 4.69) is 78.6 Å². The Morgan fingerprint density at radius 1 is 0.796 bits per heavy atom. The van der Waals surface area contributed by atoms with Crippen LogP contribution in [-0.4, -0.2) is 32.9 Å². The summed E-state index contributed by atoms with van der Waals surface area (Å²) in [5.41, 5.74) is 4.98. The highest BCUT2D eigenvalue weighted by atomic mass is 19.4. The molecular formula is C47H42F3NO3. The van der Waals surface area contributed by atoms with Gasteiger partial charge in [0, 0.05) is 51.7 Å². The Balaban J connectivity index is 1.32. The third kappa shape index (κ3) is 5.38. The highest BCUT2D eigenvalue weighted by Crippen LogP contribution is 2.59. The van der Waals surface area contributed by atoms with E-state index in [4.69, 9.17) is 14.2 Å². The molecule has 2 aliphatic heterocycles. The normalized spacial score (nSPS) is 18.7. The van der Waals surface area contributed by atoms with Crippen LogP contribution < -0.4 is 14.4 Å². The number of hydrogen-bond acceptors (Lipinski definition) is 4. The maximum atomic E-state index is 14.2. The summed E-state index contributed by atoms with van der Waals surface area (Å²) >= 11 is 0. The topological polar surface area (TPSA) is 30.9 Å². The second-order valence-corrected chi connectivity index (χ2v) is 15.1. The molecule has 54 heavy (non-hydrogen) atoms. The summed E-state index contributed by atoms with van der Waals surface area (Å²) in [6.07, 6.45) is 1.79. The van der Waals surface area contributed by atoms with Crippen LogP contribution in [0.25, 0.3) is 38.7 Å². The Kier molecular flexibility index (Phi) is 8.27. The van der Waals surface area contributed by atoms with Crippen molar-refractivity contribution in [3.63, 3.8) is 0 Å². The van der Waals surface area contributed by atoms with Gasteiger partial charge in [-0.3, -0.25) is 0 Å². The molecule has 1 aliphatic carbocycles. The minimum absolute atomic E-state index is 0.607. The molecule has 0 N–H and O–H groups in total. The van der Waals surface area contributed by atoms with Gasteiger partial charge in [-0.1, -0.05) is 100.0 Å². The molecule has 6 aromatic rings. The Morgan fingerprint density at radius 2 is 1.54 bits per heavy atom. The zero-order chi connectivity index (χ0) is 37.2. The van der Waals surface area contributed by atoms with Crippen molar-refractivity contribution in [1.29, 1.82) is 0 Å². The van der Waals surface area contributed by atoms with Crippen molar-refractivity contribution < 1.29 is 27.4 Å². The number of halogens is 3. The maximum absolute atomic E-state index is 14.2. The second-order valence-electron chi connectivity index (χ2n) is 15.1. The number of anilines is 1. The van der Waals surface area contributed by atoms with E-state index in [1.165, 1.54) is 12.1 Å². The van der Waals surface area contributed by atoms with Gasteiger partial charge in [-0.15, -0.1) is 0 Å². The number of hydrogen-bond donors (Lipinski definition) is 0. The molecule has 9 rings (SSSR count). The van der Waals surface area contributed by atoms with Crippen LogP contribution in [0.3, 0.4) is 0 Å². The van der Waals surface area contributed by atoms with Gasteiger partial charge in [0.05, 0.1) is 25.4 Å². The first kappa shape index (κ1) is 34.5. The summed E-state index contributed by atoms with van der Waals surface area (Å²) in [6, 6.07) is 33.4. The largest absolute Gasteiger partial charge is 0.493 e. The standard InChI is InChI=1S/C47H42F3NO3/c1-4-5-26-53-40-13-9-12-35-34(40)20-21-37-41-36-19-16-32(47(48,49)50)29-39(36)45(2,3)43(41)38-22-23-46(54-44(38)42(35)37,30-10-7-6-8-11-30)31-14-17-33(18-15-31)51-24-27-52-28-25-51/h6-23,29H,4-5,24-28H2,1-3H3. The van der Waals surface area contributed by atoms with E-state index < -0.39 is 22.8 Å². The third-order valence-corrected chi connectivity index (χ3v) is 11.6. The van der Waals surface area contributed by atoms with Crippen molar-refractivity contribution >= 4 is 33.3 Å². The summed E-state index contributed by atoms with van der Waals surface area (Å²) in [4.78, 5) is 2.34. The first-order valence-electron chi connectivity index (χ1n) is 18.9. The number of fused-ring (bicyclic) bond motifs is 10. The fraction of sp³-hybridized carbons (Fsp3) is 0.277. The van der Waals surface area contributed by atoms with Crippen LogP contribution in [0.2, 0.25) is 0 Å². The average molecular weight is 726 g/mol. The molecule has 0 amide bonds. The Hall–Kier alpha value is -5.27. The molecule has 1 saturated heterocycles. The first-order chi connectivity index (χ1) is 26.1. The van der Waals surface area contributed by atoms with E-state index in [0.29, 0.717) is 31.1 Å². The van der Waals surface area contributed by atoms with Crippen LogP contribution in [0.1, 0.15) is 67.0 Å². The molecule has 0 bridgehead atoms. The number of benzene rings is 6. The number of rotatable bonds is 7. The van der Waals surface area contributed by atoms with Crippen LogP contribution in [-0.2, 0) is 21.9 Å². The van der Waals surface area contributed by atoms with E-state index in [1.54, 1.807) is 6.07 Å². The molecule has 7 heteroatoms. The van der Waals surface area contributed by atoms with E-state index in [9.17, 15) is 13.2 Å². The maximum Gasteiger partial charge on any atom is 0.416 e. The second kappa shape index (κ2) is 12.9. The van der Waals surface area contributed by atoms with Crippen LogP contribution >= 0.6 is 0 Å². The van der Waals surface area contributed by atoms with Gasteiger partial charge in [-0.25, -0.2) is 0 Å². The Labute approximate surface area is 313 Å². The van der Waals surface area contributed by atoms with Crippen molar-refractivity contribution in [2.75, 3.05) is 37.8 Å². The Bertz CT molecular complexity index is 2430. The number of ether oxygens (including phenoxy) is 3. The lowest BCUT2D eigenvalue weighted by Gasteiger charge is -2.39. The zero-order valence-electron chi connectivity index (χ0n) is 30.7. The first-order valence-corrected chi connectivity index (χ1v) is 18.9. The predicted molar refractivity (Wildman–Crippen MR) is 211 cm³/mol. The monoisotopic (exact) mass is 725 g/mol. The van der Waals surface area contributed by atoms with E-state index in [1.807, 2.05) is 44.2 Å². The molecular weight excluding hydrogens is 684 g/mol. The van der Waals surface area contributed by atoms with Crippen molar-refractivity contribution in [1.82, 2.24) is 0 Å². The highest BCUT2D eigenvalue weighted by molar-refractivity contribution is 6.19. The lowest BCUT2D eigenvalue weighted by atomic mass is 9.76. The minimum atomic E-state index is -4.46. The van der Waals surface area contributed by atoms with E-state index in [0.717, 1.165) is 92.3 Å². The minimum Gasteiger partial charge on any atom is -0.493 e. The number of unbranched alkanes of at least 4 members (excludes halogenated alkanes) is 1. The molecule has 274 valence electrons. The summed E-state index contributed by atoms with van der Waals surface area (Å²) in [5, 5.41) is 3.79. The van der Waals surface area contributed by atoms with Gasteiger partial charge in [0.15, 0.2) is 5.60 Å². The van der Waals surface area contributed by atoms with Gasteiger partial charge >= 0.3 is 6.18 Å². The summed E-state index contributed by atoms with van der Waals surface area (Å²) in [7, 11) is 0. The summed E-state index contributed by atoms with van der Waals surface area (Å²) in [6.45, 7) is 9.89. The van der Waals surface area contributed by atoms with Gasteiger partial charge in [0.1, 0.15) is 11.5 Å². The van der Waals surface area contributed by atoms with Crippen LogP contribution in [0, 0.1) is 0 Å². The van der Waals surface area contributed by atoms with Gasteiger partial charge in [0.2, 0.25) is 0 Å². The SMILES string of the molecule is CCCCOc1cccc2c1ccc1c3c(c4c(c12)OC(c1ccccc1)(c1ccc(N2CCOCC2)cc1)C=C4)C(C)(C)c1cc(C(F)(F)F)ccc1-3. The lowest BCUT2D eigenvalue weighted by molar-refractivity contribution is -0.137. The molecule has 4 nitrogen and oxygen atoms in total. The third-order valence-electron chi connectivity index (χ3n) is 11.6. The molecule has 2 heterocycles. The van der Waals surface area contributed by atoms with Gasteiger partial charge in [-0.05, 0) is 81.9 Å². The number of nitrogens with zero attached hydrogens (tertiary/aromatic N) is 1. The van der Waals surface area contributed by atoms with Crippen molar-refractivity contribution in [3.8, 4) is 22.6 Å². The number of alkyl halides is 3. The molecule has 1 fully saturated rings. The summed E-state index contributed by atoms with van der Waals surface area (Å²) < 4.78 is 62.1. The zero-order valence-corrected chi connectivity index (χ0v) is 30.7. The molecule has 0 aromatic heterocycles. The molecule has 1 unspecified atom stereocenters. The molecule has 6 aromatic carbocycles. The average Bonchev–Trinajstić information content (AvgIpc) is 3.44. The van der Waals surface area contributed by atoms with Crippen LogP contribution in [0.15, 0.2) is 109 Å². The van der Waals surface area contributed by atoms with E-state index in [-0.39, 0.29) is 0 Å². The Morgan fingerprint density at radius 3 is 2.28 bits per heavy atom. The number of morpholine rings is 1. The van der Waals surface area contributed by atoms with E-state index >= 15 is 0 Å². The highest BCUT2D eigenvalue weighted by Gasteiger charge is 2.45. The quantitative estimate of drug-likeness (QED) is 0.121. The fourth-order valence-electron chi connectivity index (χ4n) is 8.84.